The smallest absolute Gasteiger partial charge is 0.279 e. The fourth-order valence-corrected chi connectivity index (χ4v) is 2.11. The number of aryl methyl sites for hydroxylation is 2. The first-order chi connectivity index (χ1) is 10.6. The number of benzene rings is 1. The van der Waals surface area contributed by atoms with Crippen molar-refractivity contribution in [2.24, 2.45) is 5.84 Å². The summed E-state index contributed by atoms with van der Waals surface area (Å²) in [6.45, 7) is 4.49. The van der Waals surface area contributed by atoms with E-state index in [1.165, 1.54) is 10.7 Å². The molecule has 0 aliphatic rings. The molecule has 3 N–H and O–H groups in total. The van der Waals surface area contributed by atoms with Gasteiger partial charge in [-0.1, -0.05) is 43.2 Å². The monoisotopic (exact) mass is 300 g/mol. The average Bonchev–Trinajstić information content (AvgIpc) is 2.54. The van der Waals surface area contributed by atoms with E-state index in [2.05, 4.69) is 5.10 Å². The summed E-state index contributed by atoms with van der Waals surface area (Å²) < 4.78 is 1.34. The predicted molar refractivity (Wildman–Crippen MR) is 85.2 cm³/mol. The van der Waals surface area contributed by atoms with Crippen LogP contribution in [0, 0.1) is 6.92 Å². The Morgan fingerprint density at radius 2 is 2.00 bits per heavy atom. The molecule has 0 atom stereocenters. The Hall–Kier alpha value is -2.47. The first-order valence-electron chi connectivity index (χ1n) is 7.27. The summed E-state index contributed by atoms with van der Waals surface area (Å²) in [6.07, 6.45) is 1.75. The molecule has 1 aromatic carbocycles. The number of unbranched alkanes of at least 4 members (excludes halogenated alkanes) is 1. The number of amides is 1. The molecule has 22 heavy (non-hydrogen) atoms. The maximum Gasteiger partial charge on any atom is 0.279 e. The summed E-state index contributed by atoms with van der Waals surface area (Å²) >= 11 is 0. The number of carbonyl (C=O) groups is 1. The molecule has 6 nitrogen and oxygen atoms in total. The van der Waals surface area contributed by atoms with Crippen LogP contribution in [-0.2, 0) is 6.54 Å². The van der Waals surface area contributed by atoms with E-state index in [1.807, 2.05) is 43.5 Å². The standard InChI is InChI=1S/C16H20N4O2/c1-3-4-9-20-16(22)13(15(21)18-17)10-14(19-20)12-7-5-11(2)6-8-12/h5-8,10H,3-4,9,17H2,1-2H3,(H,18,21). The highest BCUT2D eigenvalue weighted by Crippen LogP contribution is 2.17. The van der Waals surface area contributed by atoms with Gasteiger partial charge in [0.1, 0.15) is 5.56 Å². The third kappa shape index (κ3) is 3.40. The molecule has 2 rings (SSSR count). The van der Waals surface area contributed by atoms with Gasteiger partial charge in [0, 0.05) is 12.1 Å². The number of nitrogens with two attached hydrogens (primary N) is 1. The van der Waals surface area contributed by atoms with Gasteiger partial charge in [0.05, 0.1) is 5.69 Å². The van der Waals surface area contributed by atoms with Gasteiger partial charge in [-0.2, -0.15) is 5.10 Å². The molecule has 6 heteroatoms. The number of carbonyl (C=O) groups excluding carboxylic acids is 1. The largest absolute Gasteiger partial charge is 0.290 e. The zero-order chi connectivity index (χ0) is 16.1. The van der Waals surface area contributed by atoms with Crippen molar-refractivity contribution < 1.29 is 4.79 Å². The number of nitrogen functional groups attached to an aromatic ring is 1. The Labute approximate surface area is 128 Å². The maximum atomic E-state index is 12.3. The lowest BCUT2D eigenvalue weighted by Crippen LogP contribution is -2.37. The van der Waals surface area contributed by atoms with Crippen LogP contribution in [0.25, 0.3) is 11.3 Å². The summed E-state index contributed by atoms with van der Waals surface area (Å²) in [7, 11) is 0. The van der Waals surface area contributed by atoms with E-state index < -0.39 is 11.5 Å². The van der Waals surface area contributed by atoms with Gasteiger partial charge in [-0.3, -0.25) is 15.0 Å². The van der Waals surface area contributed by atoms with Crippen molar-refractivity contribution in [3.05, 3.63) is 51.8 Å². The van der Waals surface area contributed by atoms with Gasteiger partial charge in [-0.05, 0) is 19.4 Å². The second-order valence-electron chi connectivity index (χ2n) is 5.16. The summed E-state index contributed by atoms with van der Waals surface area (Å²) in [5.74, 6) is 4.56. The number of hydrazine groups is 1. The van der Waals surface area contributed by atoms with Crippen LogP contribution in [-0.4, -0.2) is 15.7 Å². The van der Waals surface area contributed by atoms with Crippen LogP contribution < -0.4 is 16.8 Å². The van der Waals surface area contributed by atoms with Gasteiger partial charge in [0.15, 0.2) is 0 Å². The predicted octanol–water partition coefficient (Wildman–Crippen LogP) is 1.62. The highest BCUT2D eigenvalue weighted by Gasteiger charge is 2.15. The van der Waals surface area contributed by atoms with Crippen molar-refractivity contribution in [3.8, 4) is 11.3 Å². The van der Waals surface area contributed by atoms with Gasteiger partial charge in [0.2, 0.25) is 0 Å². The fraction of sp³-hybridized carbons (Fsp3) is 0.312. The third-order valence-corrected chi connectivity index (χ3v) is 3.42. The molecular weight excluding hydrogens is 280 g/mol. The zero-order valence-corrected chi connectivity index (χ0v) is 12.8. The second kappa shape index (κ2) is 7.00. The molecule has 1 heterocycles. The van der Waals surface area contributed by atoms with Crippen LogP contribution >= 0.6 is 0 Å². The quantitative estimate of drug-likeness (QED) is 0.499. The summed E-state index contributed by atoms with van der Waals surface area (Å²) in [4.78, 5) is 24.1. The normalized spacial score (nSPS) is 10.5. The van der Waals surface area contributed by atoms with Crippen LogP contribution in [0.15, 0.2) is 35.1 Å². The van der Waals surface area contributed by atoms with E-state index >= 15 is 0 Å². The van der Waals surface area contributed by atoms with Crippen molar-refractivity contribution in [2.75, 3.05) is 0 Å². The number of nitrogens with one attached hydrogen (secondary N) is 1. The summed E-state index contributed by atoms with van der Waals surface area (Å²) in [6, 6.07) is 9.23. The van der Waals surface area contributed by atoms with E-state index in [1.54, 1.807) is 0 Å². The molecule has 0 unspecified atom stereocenters. The van der Waals surface area contributed by atoms with Crippen LogP contribution in [0.4, 0.5) is 0 Å². The minimum atomic E-state index is -0.606. The van der Waals surface area contributed by atoms with Crippen molar-refractivity contribution >= 4 is 5.91 Å². The van der Waals surface area contributed by atoms with Crippen LogP contribution in [0.1, 0.15) is 35.7 Å². The molecule has 0 aliphatic heterocycles. The third-order valence-electron chi connectivity index (χ3n) is 3.42. The number of rotatable bonds is 5. The molecule has 116 valence electrons. The minimum absolute atomic E-state index is 0.00387. The lowest BCUT2D eigenvalue weighted by molar-refractivity contribution is 0.0951. The van der Waals surface area contributed by atoms with E-state index in [0.29, 0.717) is 12.2 Å². The SMILES string of the molecule is CCCCn1nc(-c2ccc(C)cc2)cc(C(=O)NN)c1=O. The Kier molecular flexibility index (Phi) is 5.06. The topological polar surface area (TPSA) is 90.0 Å². The number of aromatic nitrogens is 2. The molecule has 0 spiro atoms. The van der Waals surface area contributed by atoms with E-state index in [4.69, 9.17) is 5.84 Å². The first kappa shape index (κ1) is 15.9. The van der Waals surface area contributed by atoms with Gasteiger partial charge in [-0.25, -0.2) is 10.5 Å². The molecule has 0 aliphatic carbocycles. The molecule has 1 amide bonds. The molecule has 2 aromatic rings. The van der Waals surface area contributed by atoms with Gasteiger partial charge < -0.3 is 0 Å². The molecular formula is C16H20N4O2. The zero-order valence-electron chi connectivity index (χ0n) is 12.8. The molecule has 0 bridgehead atoms. The highest BCUT2D eigenvalue weighted by molar-refractivity contribution is 5.94. The lowest BCUT2D eigenvalue weighted by Gasteiger charge is -2.10. The van der Waals surface area contributed by atoms with Crippen LogP contribution in [0.2, 0.25) is 0 Å². The molecule has 1 aromatic heterocycles. The van der Waals surface area contributed by atoms with E-state index in [-0.39, 0.29) is 5.56 Å². The Morgan fingerprint density at radius 3 is 2.59 bits per heavy atom. The molecule has 0 saturated carbocycles. The Balaban J connectivity index is 2.56. The van der Waals surface area contributed by atoms with Crippen molar-refractivity contribution in [1.82, 2.24) is 15.2 Å². The fourth-order valence-electron chi connectivity index (χ4n) is 2.11. The Bertz CT molecular complexity index is 720. The second-order valence-corrected chi connectivity index (χ2v) is 5.16. The van der Waals surface area contributed by atoms with Gasteiger partial charge >= 0.3 is 0 Å². The minimum Gasteiger partial charge on any atom is -0.290 e. The van der Waals surface area contributed by atoms with Crippen LogP contribution in [0.5, 0.6) is 0 Å². The van der Waals surface area contributed by atoms with Crippen molar-refractivity contribution in [3.63, 3.8) is 0 Å². The first-order valence-corrected chi connectivity index (χ1v) is 7.27. The van der Waals surface area contributed by atoms with Gasteiger partial charge in [0.25, 0.3) is 11.5 Å². The lowest BCUT2D eigenvalue weighted by atomic mass is 10.1. The van der Waals surface area contributed by atoms with Crippen molar-refractivity contribution in [2.45, 2.75) is 33.2 Å². The molecule has 0 saturated heterocycles. The number of hydrogen-bond donors (Lipinski definition) is 2. The maximum absolute atomic E-state index is 12.3. The van der Waals surface area contributed by atoms with Crippen molar-refractivity contribution in [1.29, 1.82) is 0 Å². The molecule has 0 fully saturated rings. The Morgan fingerprint density at radius 1 is 1.32 bits per heavy atom. The molecule has 0 radical (unpaired) electrons. The highest BCUT2D eigenvalue weighted by atomic mass is 16.2. The number of hydrogen-bond acceptors (Lipinski definition) is 4. The van der Waals surface area contributed by atoms with Gasteiger partial charge in [-0.15, -0.1) is 0 Å². The van der Waals surface area contributed by atoms with E-state index in [9.17, 15) is 9.59 Å². The average molecular weight is 300 g/mol. The van der Waals surface area contributed by atoms with Crippen LogP contribution in [0.3, 0.4) is 0 Å². The van der Waals surface area contributed by atoms with E-state index in [0.717, 1.165) is 24.0 Å². The summed E-state index contributed by atoms with van der Waals surface area (Å²) in [5.41, 5.74) is 4.15. The number of nitrogens with zero attached hydrogens (tertiary/aromatic N) is 2. The summed E-state index contributed by atoms with van der Waals surface area (Å²) in [5, 5.41) is 4.37.